The van der Waals surface area contributed by atoms with E-state index >= 15 is 0 Å². The van der Waals surface area contributed by atoms with Gasteiger partial charge >= 0.3 is 0 Å². The quantitative estimate of drug-likeness (QED) is 0.433. The van der Waals surface area contributed by atoms with E-state index in [-0.39, 0.29) is 17.4 Å². The number of nitrogens with one attached hydrogen (secondary N) is 1. The standard InChI is InChI=1S/C6H7NO.Al.3H/c8-7-6-4-2-1-3-5-6;;;;/h1-5,7-8H;;;;. The Labute approximate surface area is 64.6 Å². The first-order chi connectivity index (χ1) is 3.93. The van der Waals surface area contributed by atoms with Crippen molar-refractivity contribution in [2.45, 2.75) is 0 Å². The Hall–Kier alpha value is -0.488. The SMILES string of the molecule is ONc1ccccc1.[AlH3]. The largest absolute Gasteiger partial charge is 0.291 e. The maximum atomic E-state index is 8.29. The molecular formula is C6H10AlNO. The molecule has 0 aliphatic carbocycles. The van der Waals surface area contributed by atoms with Crippen molar-refractivity contribution in [2.24, 2.45) is 0 Å². The highest BCUT2D eigenvalue weighted by Crippen LogP contribution is 2.01. The summed E-state index contributed by atoms with van der Waals surface area (Å²) in [6, 6.07) is 9.14. The molecule has 0 aliphatic heterocycles. The van der Waals surface area contributed by atoms with E-state index < -0.39 is 0 Å². The fraction of sp³-hybridized carbons (Fsp3) is 0. The maximum absolute atomic E-state index is 8.29. The molecule has 2 N–H and O–H groups in total. The van der Waals surface area contributed by atoms with Crippen molar-refractivity contribution in [1.29, 1.82) is 0 Å². The van der Waals surface area contributed by atoms with E-state index in [0.717, 1.165) is 0 Å². The highest BCUT2D eigenvalue weighted by molar-refractivity contribution is 5.75. The van der Waals surface area contributed by atoms with Gasteiger partial charge in [0, 0.05) is 0 Å². The van der Waals surface area contributed by atoms with Crippen molar-refractivity contribution in [3.8, 4) is 0 Å². The van der Waals surface area contributed by atoms with Gasteiger partial charge in [-0.2, -0.15) is 0 Å². The average Bonchev–Trinajstić information content (AvgIpc) is 1.90. The van der Waals surface area contributed by atoms with Crippen LogP contribution in [-0.4, -0.2) is 22.6 Å². The molecule has 0 fully saturated rings. The van der Waals surface area contributed by atoms with Gasteiger partial charge in [0.15, 0.2) is 17.4 Å². The van der Waals surface area contributed by atoms with Crippen LogP contribution in [0.5, 0.6) is 0 Å². The number of anilines is 1. The van der Waals surface area contributed by atoms with Gasteiger partial charge in [0.1, 0.15) is 0 Å². The summed E-state index contributed by atoms with van der Waals surface area (Å²) in [6.07, 6.45) is 0. The van der Waals surface area contributed by atoms with Gasteiger partial charge in [-0.05, 0) is 12.1 Å². The van der Waals surface area contributed by atoms with Crippen molar-refractivity contribution in [2.75, 3.05) is 5.48 Å². The molecule has 0 atom stereocenters. The van der Waals surface area contributed by atoms with E-state index in [1.54, 1.807) is 12.1 Å². The normalized spacial score (nSPS) is 7.67. The van der Waals surface area contributed by atoms with Crippen LogP contribution >= 0.6 is 0 Å². The summed E-state index contributed by atoms with van der Waals surface area (Å²) < 4.78 is 0. The van der Waals surface area contributed by atoms with E-state index in [2.05, 4.69) is 0 Å². The maximum Gasteiger partial charge on any atom is 0.187 e. The molecule has 0 aliphatic rings. The van der Waals surface area contributed by atoms with E-state index in [9.17, 15) is 0 Å². The van der Waals surface area contributed by atoms with Crippen LogP contribution in [0.3, 0.4) is 0 Å². The summed E-state index contributed by atoms with van der Waals surface area (Å²) in [4.78, 5) is 0. The lowest BCUT2D eigenvalue weighted by atomic mass is 10.3. The second-order valence-electron chi connectivity index (χ2n) is 1.48. The first-order valence-electron chi connectivity index (χ1n) is 2.38. The summed E-state index contributed by atoms with van der Waals surface area (Å²) in [5.41, 5.74) is 2.74. The lowest BCUT2D eigenvalue weighted by Gasteiger charge is -1.92. The summed E-state index contributed by atoms with van der Waals surface area (Å²) in [6.45, 7) is 0. The molecule has 1 aromatic carbocycles. The Morgan fingerprint density at radius 2 is 1.67 bits per heavy atom. The molecule has 48 valence electrons. The number of para-hydroxylation sites is 1. The Kier molecular flexibility index (Phi) is 4.16. The van der Waals surface area contributed by atoms with E-state index in [1.807, 2.05) is 23.7 Å². The lowest BCUT2D eigenvalue weighted by molar-refractivity contribution is 0.389. The fourth-order valence-electron chi connectivity index (χ4n) is 0.513. The molecule has 0 amide bonds. The Balaban J connectivity index is 0.000000640. The summed E-state index contributed by atoms with van der Waals surface area (Å²) in [5.74, 6) is 0. The molecule has 0 saturated carbocycles. The zero-order chi connectivity index (χ0) is 5.82. The Bertz CT molecular complexity index is 154. The molecule has 0 unspecified atom stereocenters. The van der Waals surface area contributed by atoms with Crippen LogP contribution in [0.15, 0.2) is 30.3 Å². The van der Waals surface area contributed by atoms with Gasteiger partial charge in [0.2, 0.25) is 0 Å². The van der Waals surface area contributed by atoms with Crippen LogP contribution < -0.4 is 5.48 Å². The minimum atomic E-state index is 0. The average molecular weight is 139 g/mol. The first kappa shape index (κ1) is 8.51. The van der Waals surface area contributed by atoms with Crippen molar-refractivity contribution in [3.63, 3.8) is 0 Å². The molecule has 1 rings (SSSR count). The predicted molar refractivity (Wildman–Crippen MR) is 41.8 cm³/mol. The van der Waals surface area contributed by atoms with Crippen LogP contribution in [0.25, 0.3) is 0 Å². The molecule has 0 saturated heterocycles. The van der Waals surface area contributed by atoms with E-state index in [0.29, 0.717) is 5.69 Å². The van der Waals surface area contributed by atoms with Gasteiger partial charge in [-0.15, -0.1) is 0 Å². The zero-order valence-electron chi connectivity index (χ0n) is 4.33. The monoisotopic (exact) mass is 139 g/mol. The van der Waals surface area contributed by atoms with Gasteiger partial charge in [0.25, 0.3) is 0 Å². The molecule has 0 heterocycles. The highest BCUT2D eigenvalue weighted by Gasteiger charge is 1.79. The molecule has 0 aromatic heterocycles. The summed E-state index contributed by atoms with van der Waals surface area (Å²) in [7, 11) is 0. The second kappa shape index (κ2) is 4.40. The third kappa shape index (κ3) is 2.52. The minimum absolute atomic E-state index is 0. The number of hydrogen-bond donors (Lipinski definition) is 2. The molecule has 9 heavy (non-hydrogen) atoms. The Morgan fingerprint density at radius 1 is 1.11 bits per heavy atom. The highest BCUT2D eigenvalue weighted by atomic mass is 27.0. The summed E-state index contributed by atoms with van der Waals surface area (Å²) >= 11 is 0. The number of rotatable bonds is 1. The smallest absolute Gasteiger partial charge is 0.187 e. The van der Waals surface area contributed by atoms with Crippen molar-refractivity contribution < 1.29 is 5.21 Å². The lowest BCUT2D eigenvalue weighted by Crippen LogP contribution is -1.85. The van der Waals surface area contributed by atoms with Gasteiger partial charge in [-0.25, -0.2) is 0 Å². The van der Waals surface area contributed by atoms with Gasteiger partial charge in [-0.1, -0.05) is 18.2 Å². The molecule has 0 radical (unpaired) electrons. The van der Waals surface area contributed by atoms with Crippen molar-refractivity contribution >= 4 is 23.0 Å². The Morgan fingerprint density at radius 3 is 2.00 bits per heavy atom. The van der Waals surface area contributed by atoms with Crippen LogP contribution in [0.1, 0.15) is 0 Å². The van der Waals surface area contributed by atoms with Gasteiger partial charge in [0.05, 0.1) is 5.69 Å². The minimum Gasteiger partial charge on any atom is -0.291 e. The first-order valence-corrected chi connectivity index (χ1v) is 2.38. The summed E-state index contributed by atoms with van der Waals surface area (Å²) in [5, 5.41) is 8.29. The van der Waals surface area contributed by atoms with Crippen LogP contribution in [0, 0.1) is 0 Å². The molecule has 3 heteroatoms. The third-order valence-corrected chi connectivity index (χ3v) is 0.903. The molecular weight excluding hydrogens is 129 g/mol. The van der Waals surface area contributed by atoms with Gasteiger partial charge in [-0.3, -0.25) is 10.7 Å². The third-order valence-electron chi connectivity index (χ3n) is 0.903. The zero-order valence-corrected chi connectivity index (χ0v) is 4.33. The second-order valence-corrected chi connectivity index (χ2v) is 1.48. The van der Waals surface area contributed by atoms with E-state index in [4.69, 9.17) is 5.21 Å². The van der Waals surface area contributed by atoms with Crippen LogP contribution in [0.2, 0.25) is 0 Å². The van der Waals surface area contributed by atoms with Crippen LogP contribution in [0.4, 0.5) is 5.69 Å². The predicted octanol–water partition coefficient (Wildman–Crippen LogP) is 0.304. The van der Waals surface area contributed by atoms with Crippen LogP contribution in [-0.2, 0) is 0 Å². The molecule has 2 nitrogen and oxygen atoms in total. The van der Waals surface area contributed by atoms with E-state index in [1.165, 1.54) is 0 Å². The van der Waals surface area contributed by atoms with Crippen molar-refractivity contribution in [3.05, 3.63) is 30.3 Å². The molecule has 0 bridgehead atoms. The number of hydrogen-bond acceptors (Lipinski definition) is 2. The van der Waals surface area contributed by atoms with Crippen molar-refractivity contribution in [1.82, 2.24) is 0 Å². The molecule has 1 aromatic rings. The fourth-order valence-corrected chi connectivity index (χ4v) is 0.513. The molecule has 0 spiro atoms. The van der Waals surface area contributed by atoms with Gasteiger partial charge < -0.3 is 0 Å². The number of benzene rings is 1. The topological polar surface area (TPSA) is 32.3 Å².